The van der Waals surface area contributed by atoms with Crippen LogP contribution in [0.15, 0.2) is 35.2 Å². The minimum Gasteiger partial charge on any atom is -0.392 e. The van der Waals surface area contributed by atoms with Gasteiger partial charge in [-0.25, -0.2) is 0 Å². The summed E-state index contributed by atoms with van der Waals surface area (Å²) in [5, 5.41) is 11.7. The van der Waals surface area contributed by atoms with Crippen LogP contribution in [0.3, 0.4) is 0 Å². The van der Waals surface area contributed by atoms with Gasteiger partial charge in [0.2, 0.25) is 5.91 Å². The number of benzene rings is 1. The van der Waals surface area contributed by atoms with Gasteiger partial charge in [-0.2, -0.15) is 0 Å². The molecule has 0 aliphatic rings. The molecule has 1 aromatic carbocycles. The van der Waals surface area contributed by atoms with E-state index in [0.29, 0.717) is 13.0 Å². The van der Waals surface area contributed by atoms with Crippen LogP contribution in [0.4, 0.5) is 0 Å². The van der Waals surface area contributed by atoms with Gasteiger partial charge in [0.1, 0.15) is 0 Å². The molecule has 88 valence electrons. The Kier molecular flexibility index (Phi) is 5.96. The van der Waals surface area contributed by atoms with Gasteiger partial charge in [-0.15, -0.1) is 11.8 Å². The summed E-state index contributed by atoms with van der Waals surface area (Å²) in [6, 6.07) is 9.99. The van der Waals surface area contributed by atoms with E-state index < -0.39 is 6.10 Å². The van der Waals surface area contributed by atoms with Crippen LogP contribution in [-0.2, 0) is 4.79 Å². The van der Waals surface area contributed by atoms with Crippen molar-refractivity contribution in [2.75, 3.05) is 12.3 Å². The van der Waals surface area contributed by atoms with Gasteiger partial charge >= 0.3 is 0 Å². The fourth-order valence-electron chi connectivity index (χ4n) is 1.13. The lowest BCUT2D eigenvalue weighted by molar-refractivity contribution is -0.121. The van der Waals surface area contributed by atoms with E-state index in [1.54, 1.807) is 18.7 Å². The third kappa shape index (κ3) is 5.78. The molecule has 0 radical (unpaired) electrons. The van der Waals surface area contributed by atoms with E-state index in [1.807, 2.05) is 30.3 Å². The standard InChI is InChI=1S/C12H17NO2S/c1-10(14)9-13-12(15)7-8-16-11-5-3-2-4-6-11/h2-6,10,14H,7-9H2,1H3,(H,13,15)/t10-/m1/s1. The zero-order valence-electron chi connectivity index (χ0n) is 9.35. The molecule has 0 aromatic heterocycles. The molecule has 4 heteroatoms. The number of thioether (sulfide) groups is 1. The SMILES string of the molecule is C[C@@H](O)CNC(=O)CCSc1ccccc1. The summed E-state index contributed by atoms with van der Waals surface area (Å²) in [7, 11) is 0. The number of amides is 1. The first-order valence-corrected chi connectivity index (χ1v) is 6.29. The highest BCUT2D eigenvalue weighted by Crippen LogP contribution is 2.17. The molecule has 0 aliphatic carbocycles. The highest BCUT2D eigenvalue weighted by atomic mass is 32.2. The largest absolute Gasteiger partial charge is 0.392 e. The lowest BCUT2D eigenvalue weighted by Gasteiger charge is -2.06. The molecule has 0 spiro atoms. The highest BCUT2D eigenvalue weighted by Gasteiger charge is 2.02. The van der Waals surface area contributed by atoms with E-state index in [4.69, 9.17) is 5.11 Å². The Hall–Kier alpha value is -1.00. The second kappa shape index (κ2) is 7.30. The molecule has 0 fully saturated rings. The third-order valence-electron chi connectivity index (χ3n) is 1.94. The predicted molar refractivity (Wildman–Crippen MR) is 66.5 cm³/mol. The van der Waals surface area contributed by atoms with Gasteiger partial charge in [0.15, 0.2) is 0 Å². The van der Waals surface area contributed by atoms with E-state index in [-0.39, 0.29) is 5.91 Å². The highest BCUT2D eigenvalue weighted by molar-refractivity contribution is 7.99. The van der Waals surface area contributed by atoms with Gasteiger partial charge < -0.3 is 10.4 Å². The molecule has 0 unspecified atom stereocenters. The van der Waals surface area contributed by atoms with E-state index in [2.05, 4.69) is 5.32 Å². The average molecular weight is 239 g/mol. The zero-order chi connectivity index (χ0) is 11.8. The van der Waals surface area contributed by atoms with Crippen molar-refractivity contribution in [3.63, 3.8) is 0 Å². The van der Waals surface area contributed by atoms with Crippen LogP contribution in [-0.4, -0.2) is 29.4 Å². The van der Waals surface area contributed by atoms with Crippen molar-refractivity contribution in [1.82, 2.24) is 5.32 Å². The maximum absolute atomic E-state index is 11.3. The number of carbonyl (C=O) groups excluding carboxylic acids is 1. The van der Waals surface area contributed by atoms with Crippen molar-refractivity contribution in [2.24, 2.45) is 0 Å². The summed E-state index contributed by atoms with van der Waals surface area (Å²) in [6.45, 7) is 1.98. The molecule has 3 nitrogen and oxygen atoms in total. The first-order valence-electron chi connectivity index (χ1n) is 5.31. The van der Waals surface area contributed by atoms with Gasteiger partial charge in [0, 0.05) is 23.6 Å². The molecule has 0 bridgehead atoms. The molecule has 0 heterocycles. The molecule has 1 rings (SSSR count). The van der Waals surface area contributed by atoms with Gasteiger partial charge in [-0.05, 0) is 19.1 Å². The van der Waals surface area contributed by atoms with Crippen LogP contribution in [0, 0.1) is 0 Å². The first-order chi connectivity index (χ1) is 7.68. The Balaban J connectivity index is 2.13. The minimum absolute atomic E-state index is 0.00988. The number of aliphatic hydroxyl groups is 1. The molecule has 0 aliphatic heterocycles. The number of hydrogen-bond acceptors (Lipinski definition) is 3. The summed E-state index contributed by atoms with van der Waals surface area (Å²) in [5.74, 6) is 0.750. The second-order valence-corrected chi connectivity index (χ2v) is 4.73. The monoisotopic (exact) mass is 239 g/mol. The van der Waals surface area contributed by atoms with E-state index in [9.17, 15) is 4.79 Å². The quantitative estimate of drug-likeness (QED) is 0.742. The van der Waals surface area contributed by atoms with Crippen LogP contribution in [0.5, 0.6) is 0 Å². The van der Waals surface area contributed by atoms with Gasteiger partial charge in [-0.3, -0.25) is 4.79 Å². The molecule has 0 saturated heterocycles. The number of rotatable bonds is 6. The summed E-state index contributed by atoms with van der Waals surface area (Å²) in [6.07, 6.45) is -0.00236. The Labute approximate surface area is 100 Å². The molecule has 0 saturated carbocycles. The van der Waals surface area contributed by atoms with Crippen molar-refractivity contribution < 1.29 is 9.90 Å². The van der Waals surface area contributed by atoms with Crippen LogP contribution < -0.4 is 5.32 Å². The number of carbonyl (C=O) groups is 1. The second-order valence-electron chi connectivity index (χ2n) is 3.56. The zero-order valence-corrected chi connectivity index (χ0v) is 10.2. The molecular formula is C12H17NO2S. The molecular weight excluding hydrogens is 222 g/mol. The molecule has 1 atom stereocenters. The van der Waals surface area contributed by atoms with Crippen molar-refractivity contribution in [1.29, 1.82) is 0 Å². The lowest BCUT2D eigenvalue weighted by atomic mass is 10.4. The summed E-state index contributed by atoms with van der Waals surface area (Å²) >= 11 is 1.66. The van der Waals surface area contributed by atoms with Crippen LogP contribution in [0.1, 0.15) is 13.3 Å². The Morgan fingerprint density at radius 1 is 1.44 bits per heavy atom. The number of nitrogens with one attached hydrogen (secondary N) is 1. The molecule has 2 N–H and O–H groups in total. The van der Waals surface area contributed by atoms with Gasteiger partial charge in [0.25, 0.3) is 0 Å². The predicted octanol–water partition coefficient (Wildman–Crippen LogP) is 1.67. The van der Waals surface area contributed by atoms with Gasteiger partial charge in [-0.1, -0.05) is 18.2 Å². The van der Waals surface area contributed by atoms with Gasteiger partial charge in [0.05, 0.1) is 6.10 Å². The van der Waals surface area contributed by atoms with Crippen molar-refractivity contribution in [3.05, 3.63) is 30.3 Å². The fourth-order valence-corrected chi connectivity index (χ4v) is 2.00. The maximum Gasteiger partial charge on any atom is 0.220 e. The Morgan fingerprint density at radius 2 is 2.12 bits per heavy atom. The Morgan fingerprint density at radius 3 is 2.75 bits per heavy atom. The smallest absolute Gasteiger partial charge is 0.220 e. The number of hydrogen-bond donors (Lipinski definition) is 2. The van der Waals surface area contributed by atoms with E-state index >= 15 is 0 Å². The molecule has 16 heavy (non-hydrogen) atoms. The van der Waals surface area contributed by atoms with E-state index in [0.717, 1.165) is 5.75 Å². The summed E-state index contributed by atoms with van der Waals surface area (Å²) in [5.41, 5.74) is 0. The summed E-state index contributed by atoms with van der Waals surface area (Å²) in [4.78, 5) is 12.5. The molecule has 1 aromatic rings. The lowest BCUT2D eigenvalue weighted by Crippen LogP contribution is -2.30. The van der Waals surface area contributed by atoms with Crippen LogP contribution in [0.2, 0.25) is 0 Å². The normalized spacial score (nSPS) is 12.1. The van der Waals surface area contributed by atoms with Crippen molar-refractivity contribution in [2.45, 2.75) is 24.3 Å². The molecule has 1 amide bonds. The minimum atomic E-state index is -0.481. The first kappa shape index (κ1) is 13.1. The Bertz CT molecular complexity index is 314. The van der Waals surface area contributed by atoms with Crippen LogP contribution in [0.25, 0.3) is 0 Å². The van der Waals surface area contributed by atoms with Crippen LogP contribution >= 0.6 is 11.8 Å². The average Bonchev–Trinajstić information content (AvgIpc) is 2.28. The van der Waals surface area contributed by atoms with Crippen molar-refractivity contribution >= 4 is 17.7 Å². The van der Waals surface area contributed by atoms with E-state index in [1.165, 1.54) is 4.90 Å². The third-order valence-corrected chi connectivity index (χ3v) is 2.95. The maximum atomic E-state index is 11.3. The van der Waals surface area contributed by atoms with Crippen molar-refractivity contribution in [3.8, 4) is 0 Å². The summed E-state index contributed by atoms with van der Waals surface area (Å²) < 4.78 is 0. The number of aliphatic hydroxyl groups excluding tert-OH is 1. The fraction of sp³-hybridized carbons (Fsp3) is 0.417. The topological polar surface area (TPSA) is 49.3 Å².